The number of aromatic nitrogens is 3. The van der Waals surface area contributed by atoms with Gasteiger partial charge in [-0.1, -0.05) is 17.7 Å². The Bertz CT molecular complexity index is 1180. The Morgan fingerprint density at radius 1 is 1.21 bits per heavy atom. The molecule has 0 saturated carbocycles. The molecule has 8 heteroatoms. The minimum absolute atomic E-state index is 0.172. The largest absolute Gasteiger partial charge is 0.493 e. The molecule has 8 nitrogen and oxygen atoms in total. The van der Waals surface area contributed by atoms with Crippen molar-refractivity contribution in [1.29, 1.82) is 0 Å². The molecule has 2 heterocycles. The molecule has 2 aromatic heterocycles. The van der Waals surface area contributed by atoms with Crippen molar-refractivity contribution in [2.75, 3.05) is 11.9 Å². The number of anilines is 1. The first kappa shape index (κ1) is 19.3. The Kier molecular flexibility index (Phi) is 5.30. The number of nitrogens with zero attached hydrogens (tertiary/aromatic N) is 3. The molecule has 1 amide bonds. The predicted molar refractivity (Wildman–Crippen MR) is 107 cm³/mol. The number of benzene rings is 1. The monoisotopic (exact) mass is 382 g/mol. The van der Waals surface area contributed by atoms with Crippen LogP contribution >= 0.6 is 0 Å². The lowest BCUT2D eigenvalue weighted by Crippen LogP contribution is -2.42. The van der Waals surface area contributed by atoms with Crippen LogP contribution in [0.2, 0.25) is 0 Å². The van der Waals surface area contributed by atoms with Crippen LogP contribution in [0.25, 0.3) is 11.0 Å². The van der Waals surface area contributed by atoms with Gasteiger partial charge in [-0.25, -0.2) is 14.3 Å². The lowest BCUT2D eigenvalue weighted by Gasteiger charge is -2.13. The van der Waals surface area contributed by atoms with Crippen LogP contribution in [0.5, 0.6) is 5.75 Å². The van der Waals surface area contributed by atoms with E-state index >= 15 is 0 Å². The highest BCUT2D eigenvalue weighted by Crippen LogP contribution is 2.19. The summed E-state index contributed by atoms with van der Waals surface area (Å²) in [4.78, 5) is 42.2. The summed E-state index contributed by atoms with van der Waals surface area (Å²) in [6, 6.07) is 7.18. The number of aryl methyl sites for hydroxylation is 3. The van der Waals surface area contributed by atoms with Crippen molar-refractivity contribution in [3.8, 4) is 5.75 Å². The molecule has 28 heavy (non-hydrogen) atoms. The van der Waals surface area contributed by atoms with Crippen LogP contribution in [0.3, 0.4) is 0 Å². The molecule has 1 aromatic carbocycles. The molecule has 0 fully saturated rings. The van der Waals surface area contributed by atoms with E-state index in [1.165, 1.54) is 17.8 Å². The maximum Gasteiger partial charge on any atom is 0.332 e. The molecule has 0 bridgehead atoms. The minimum atomic E-state index is -0.616. The van der Waals surface area contributed by atoms with Gasteiger partial charge < -0.3 is 10.1 Å². The van der Waals surface area contributed by atoms with Crippen molar-refractivity contribution >= 4 is 22.6 Å². The van der Waals surface area contributed by atoms with Crippen molar-refractivity contribution < 1.29 is 9.53 Å². The molecule has 146 valence electrons. The minimum Gasteiger partial charge on any atom is -0.493 e. The highest BCUT2D eigenvalue weighted by atomic mass is 16.5. The Morgan fingerprint density at radius 3 is 2.64 bits per heavy atom. The zero-order valence-corrected chi connectivity index (χ0v) is 16.3. The van der Waals surface area contributed by atoms with E-state index in [2.05, 4.69) is 10.3 Å². The van der Waals surface area contributed by atoms with Crippen molar-refractivity contribution in [1.82, 2.24) is 14.1 Å². The molecular formula is C20H22N4O4. The summed E-state index contributed by atoms with van der Waals surface area (Å²) in [5.74, 6) is -0.135. The summed E-state index contributed by atoms with van der Waals surface area (Å²) >= 11 is 0. The van der Waals surface area contributed by atoms with Gasteiger partial charge in [-0.3, -0.25) is 14.2 Å². The van der Waals surface area contributed by atoms with E-state index in [1.807, 2.05) is 26.0 Å². The second kappa shape index (κ2) is 7.67. The van der Waals surface area contributed by atoms with E-state index in [4.69, 9.17) is 4.74 Å². The summed E-state index contributed by atoms with van der Waals surface area (Å²) < 4.78 is 7.64. The van der Waals surface area contributed by atoms with Gasteiger partial charge in [0.1, 0.15) is 17.7 Å². The first-order valence-corrected chi connectivity index (χ1v) is 8.92. The topological polar surface area (TPSA) is 95.2 Å². The molecule has 0 atom stereocenters. The number of rotatable bonds is 5. The standard InChI is InChI=1S/C20H22N4O4/c1-5-28-15-8-9-21-18-17(15)19(26)24(20(27)23(18)4)11-16(25)22-14-7-6-12(2)10-13(14)3/h6-10H,5,11H2,1-4H3,(H,22,25). The van der Waals surface area contributed by atoms with Crippen LogP contribution in [0, 0.1) is 13.8 Å². The molecule has 0 aliphatic carbocycles. The number of amides is 1. The van der Waals surface area contributed by atoms with Gasteiger partial charge in [-0.05, 0) is 38.5 Å². The fourth-order valence-electron chi connectivity index (χ4n) is 3.08. The van der Waals surface area contributed by atoms with Gasteiger partial charge in [0.05, 0.1) is 6.61 Å². The highest BCUT2D eigenvalue weighted by Gasteiger charge is 2.18. The third-order valence-electron chi connectivity index (χ3n) is 4.44. The number of carbonyl (C=O) groups is 1. The summed E-state index contributed by atoms with van der Waals surface area (Å²) in [6.45, 7) is 5.58. The molecule has 0 aliphatic rings. The average molecular weight is 382 g/mol. The molecule has 0 radical (unpaired) electrons. The summed E-state index contributed by atoms with van der Waals surface area (Å²) in [5.41, 5.74) is 1.60. The van der Waals surface area contributed by atoms with Crippen molar-refractivity contribution in [3.63, 3.8) is 0 Å². The highest BCUT2D eigenvalue weighted by molar-refractivity contribution is 5.91. The molecule has 1 N–H and O–H groups in total. The predicted octanol–water partition coefficient (Wildman–Crippen LogP) is 1.75. The van der Waals surface area contributed by atoms with Crippen LogP contribution in [-0.2, 0) is 18.4 Å². The lowest BCUT2D eigenvalue weighted by molar-refractivity contribution is -0.116. The van der Waals surface area contributed by atoms with E-state index in [9.17, 15) is 14.4 Å². The number of pyridine rings is 1. The Morgan fingerprint density at radius 2 is 1.96 bits per heavy atom. The average Bonchev–Trinajstić information content (AvgIpc) is 2.66. The van der Waals surface area contributed by atoms with Crippen LogP contribution in [-0.4, -0.2) is 26.6 Å². The van der Waals surface area contributed by atoms with Gasteiger partial charge in [0.25, 0.3) is 5.56 Å². The zero-order valence-electron chi connectivity index (χ0n) is 16.3. The van der Waals surface area contributed by atoms with Crippen molar-refractivity contribution in [3.05, 3.63) is 62.4 Å². The van der Waals surface area contributed by atoms with Crippen LogP contribution < -0.4 is 21.3 Å². The Labute approximate surface area is 161 Å². The molecule has 3 aromatic rings. The van der Waals surface area contributed by atoms with E-state index in [0.29, 0.717) is 18.0 Å². The normalized spacial score (nSPS) is 10.9. The first-order chi connectivity index (χ1) is 13.3. The van der Waals surface area contributed by atoms with E-state index < -0.39 is 23.7 Å². The molecule has 3 rings (SSSR count). The van der Waals surface area contributed by atoms with Gasteiger partial charge in [0.2, 0.25) is 5.91 Å². The Balaban J connectivity index is 2.03. The zero-order chi connectivity index (χ0) is 20.4. The summed E-state index contributed by atoms with van der Waals surface area (Å²) in [7, 11) is 1.51. The van der Waals surface area contributed by atoms with Gasteiger partial charge >= 0.3 is 5.69 Å². The third kappa shape index (κ3) is 3.53. The number of fused-ring (bicyclic) bond motifs is 1. The summed E-state index contributed by atoms with van der Waals surface area (Å²) in [6.07, 6.45) is 1.48. The van der Waals surface area contributed by atoms with E-state index in [-0.39, 0.29) is 11.0 Å². The smallest absolute Gasteiger partial charge is 0.332 e. The maximum atomic E-state index is 12.9. The third-order valence-corrected chi connectivity index (χ3v) is 4.44. The quantitative estimate of drug-likeness (QED) is 0.725. The Hall–Kier alpha value is -3.42. The molecule has 0 spiro atoms. The number of hydrogen-bond donors (Lipinski definition) is 1. The fraction of sp³-hybridized carbons (Fsp3) is 0.300. The molecule has 0 unspecified atom stereocenters. The molecule has 0 aliphatic heterocycles. The van der Waals surface area contributed by atoms with Crippen LogP contribution in [0.4, 0.5) is 5.69 Å². The van der Waals surface area contributed by atoms with Gasteiger partial charge in [-0.2, -0.15) is 0 Å². The second-order valence-corrected chi connectivity index (χ2v) is 6.54. The number of carbonyl (C=O) groups excluding carboxylic acids is 1. The number of ether oxygens (including phenoxy) is 1. The first-order valence-electron chi connectivity index (χ1n) is 8.92. The maximum absolute atomic E-state index is 12.9. The van der Waals surface area contributed by atoms with Gasteiger partial charge in [0, 0.05) is 18.9 Å². The van der Waals surface area contributed by atoms with E-state index in [1.54, 1.807) is 19.1 Å². The second-order valence-electron chi connectivity index (χ2n) is 6.54. The van der Waals surface area contributed by atoms with Crippen LogP contribution in [0.15, 0.2) is 40.1 Å². The lowest BCUT2D eigenvalue weighted by atomic mass is 10.1. The number of nitrogens with one attached hydrogen (secondary N) is 1. The summed E-state index contributed by atoms with van der Waals surface area (Å²) in [5, 5.41) is 2.93. The van der Waals surface area contributed by atoms with Gasteiger partial charge in [0.15, 0.2) is 5.65 Å². The molecular weight excluding hydrogens is 360 g/mol. The van der Waals surface area contributed by atoms with Crippen molar-refractivity contribution in [2.45, 2.75) is 27.3 Å². The fourth-order valence-corrected chi connectivity index (χ4v) is 3.08. The van der Waals surface area contributed by atoms with Crippen molar-refractivity contribution in [2.24, 2.45) is 7.05 Å². The van der Waals surface area contributed by atoms with Crippen LogP contribution in [0.1, 0.15) is 18.1 Å². The van der Waals surface area contributed by atoms with Gasteiger partial charge in [-0.15, -0.1) is 0 Å². The SMILES string of the molecule is CCOc1ccnc2c1c(=O)n(CC(=O)Nc1ccc(C)cc1C)c(=O)n2C. The van der Waals surface area contributed by atoms with E-state index in [0.717, 1.165) is 15.7 Å². The number of hydrogen-bond acceptors (Lipinski definition) is 5. The molecule has 0 saturated heterocycles.